The molecule has 0 fully saturated rings. The number of likely N-dealkylation sites (N-methyl/N-ethyl adjacent to an activating group) is 1. The van der Waals surface area contributed by atoms with E-state index >= 15 is 0 Å². The summed E-state index contributed by atoms with van der Waals surface area (Å²) >= 11 is 0. The van der Waals surface area contributed by atoms with Crippen LogP contribution in [0.1, 0.15) is 17.2 Å². The Morgan fingerprint density at radius 3 is 2.43 bits per heavy atom. The van der Waals surface area contributed by atoms with Crippen molar-refractivity contribution < 1.29 is 14.6 Å². The van der Waals surface area contributed by atoms with Crippen molar-refractivity contribution in [3.63, 3.8) is 0 Å². The predicted octanol–water partition coefficient (Wildman–Crippen LogP) is 3.27. The number of hydrogen-bond donors (Lipinski definition) is 1. The Morgan fingerprint density at radius 2 is 1.78 bits per heavy atom. The first-order valence-electron chi connectivity index (χ1n) is 7.55. The third kappa shape index (κ3) is 2.78. The third-order valence-corrected chi connectivity index (χ3v) is 4.31. The second kappa shape index (κ2) is 6.34. The van der Waals surface area contributed by atoms with Gasteiger partial charge in [0.1, 0.15) is 17.6 Å². The summed E-state index contributed by atoms with van der Waals surface area (Å²) in [5.74, 6) is 1.36. The fourth-order valence-electron chi connectivity index (χ4n) is 3.02. The van der Waals surface area contributed by atoms with E-state index in [9.17, 15) is 5.11 Å². The average Bonchev–Trinajstić information content (AvgIpc) is 2.61. The van der Waals surface area contributed by atoms with Crippen LogP contribution in [0.15, 0.2) is 48.5 Å². The molecule has 2 aromatic carbocycles. The van der Waals surface area contributed by atoms with E-state index in [0.29, 0.717) is 11.5 Å². The molecule has 0 amide bonds. The normalized spacial score (nSPS) is 19.1. The molecule has 0 spiro atoms. The van der Waals surface area contributed by atoms with Crippen LogP contribution in [0, 0.1) is 0 Å². The summed E-state index contributed by atoms with van der Waals surface area (Å²) in [5, 5.41) is 10.9. The van der Waals surface area contributed by atoms with Gasteiger partial charge in [-0.2, -0.15) is 0 Å². The summed E-state index contributed by atoms with van der Waals surface area (Å²) in [6, 6.07) is 13.6. The lowest BCUT2D eigenvalue weighted by Crippen LogP contribution is -2.37. The van der Waals surface area contributed by atoms with Gasteiger partial charge in [0.15, 0.2) is 0 Å². The minimum atomic E-state index is -0.680. The highest BCUT2D eigenvalue weighted by Crippen LogP contribution is 2.40. The molecule has 4 nitrogen and oxygen atoms in total. The zero-order chi connectivity index (χ0) is 16.4. The molecule has 0 bridgehead atoms. The summed E-state index contributed by atoms with van der Waals surface area (Å²) in [4.78, 5) is 2.06. The van der Waals surface area contributed by atoms with Gasteiger partial charge in [-0.15, -0.1) is 0 Å². The number of fused-ring (bicyclic) bond motifs is 1. The van der Waals surface area contributed by atoms with Crippen LogP contribution in [-0.2, 0) is 0 Å². The van der Waals surface area contributed by atoms with E-state index in [2.05, 4.69) is 4.90 Å². The van der Waals surface area contributed by atoms with Gasteiger partial charge in [-0.1, -0.05) is 30.4 Å². The molecular formula is C19H21NO3. The Hall–Kier alpha value is -2.46. The summed E-state index contributed by atoms with van der Waals surface area (Å²) in [6.07, 6.45) is 3.34. The molecule has 23 heavy (non-hydrogen) atoms. The molecule has 2 atom stereocenters. The van der Waals surface area contributed by atoms with Crippen LogP contribution >= 0.6 is 0 Å². The summed E-state index contributed by atoms with van der Waals surface area (Å²) in [7, 11) is 5.21. The number of nitrogens with zero attached hydrogens (tertiary/aromatic N) is 1. The molecular weight excluding hydrogens is 290 g/mol. The second-order valence-corrected chi connectivity index (χ2v) is 5.57. The Morgan fingerprint density at radius 1 is 1.04 bits per heavy atom. The fourth-order valence-corrected chi connectivity index (χ4v) is 3.02. The maximum atomic E-state index is 10.9. The van der Waals surface area contributed by atoms with Crippen LogP contribution in [0.2, 0.25) is 0 Å². The maximum absolute atomic E-state index is 10.9. The number of hydrogen-bond acceptors (Lipinski definition) is 4. The number of anilines is 1. The molecule has 0 saturated carbocycles. The molecule has 120 valence electrons. The fraction of sp³-hybridized carbons (Fsp3) is 0.263. The summed E-state index contributed by atoms with van der Waals surface area (Å²) in [5.41, 5.74) is 2.77. The third-order valence-electron chi connectivity index (χ3n) is 4.31. The minimum Gasteiger partial charge on any atom is -0.497 e. The van der Waals surface area contributed by atoms with Gasteiger partial charge in [-0.05, 0) is 23.8 Å². The lowest BCUT2D eigenvalue weighted by molar-refractivity contribution is 0.155. The van der Waals surface area contributed by atoms with Crippen molar-refractivity contribution in [1.82, 2.24) is 0 Å². The Bertz CT molecular complexity index is 712. The monoisotopic (exact) mass is 311 g/mol. The molecule has 0 aliphatic heterocycles. The molecule has 0 aromatic heterocycles. The van der Waals surface area contributed by atoms with Crippen molar-refractivity contribution in [2.45, 2.75) is 12.1 Å². The SMILES string of the molecule is COc1cc2c(c(OC)c1)[C@@H](O)[C@H](N(C)c1ccccc1)C=C2. The molecule has 0 heterocycles. The molecule has 4 heteroatoms. The van der Waals surface area contributed by atoms with Crippen LogP contribution in [-0.4, -0.2) is 32.4 Å². The standard InChI is InChI=1S/C19H21NO3/c1-20(14-7-5-4-6-8-14)16-10-9-13-11-15(22-2)12-17(23-3)18(13)19(16)21/h4-12,16,19,21H,1-3H3/t16-,19+/m1/s1. The van der Waals surface area contributed by atoms with Crippen molar-refractivity contribution in [3.8, 4) is 11.5 Å². The van der Waals surface area contributed by atoms with E-state index in [1.54, 1.807) is 20.3 Å². The topological polar surface area (TPSA) is 41.9 Å². The Balaban J connectivity index is 1.99. The number of para-hydroxylation sites is 1. The lowest BCUT2D eigenvalue weighted by Gasteiger charge is -2.35. The zero-order valence-electron chi connectivity index (χ0n) is 13.6. The Labute approximate surface area is 136 Å². The largest absolute Gasteiger partial charge is 0.497 e. The smallest absolute Gasteiger partial charge is 0.129 e. The van der Waals surface area contributed by atoms with Crippen LogP contribution in [0.4, 0.5) is 5.69 Å². The van der Waals surface area contributed by atoms with E-state index < -0.39 is 6.10 Å². The average molecular weight is 311 g/mol. The highest BCUT2D eigenvalue weighted by atomic mass is 16.5. The van der Waals surface area contributed by atoms with Gasteiger partial charge in [0.2, 0.25) is 0 Å². The van der Waals surface area contributed by atoms with Crippen LogP contribution < -0.4 is 14.4 Å². The number of benzene rings is 2. The number of ether oxygens (including phenoxy) is 2. The molecule has 0 unspecified atom stereocenters. The van der Waals surface area contributed by atoms with Crippen molar-refractivity contribution in [1.29, 1.82) is 0 Å². The van der Waals surface area contributed by atoms with Gasteiger partial charge in [0, 0.05) is 24.4 Å². The molecule has 3 rings (SSSR count). The quantitative estimate of drug-likeness (QED) is 0.941. The number of methoxy groups -OCH3 is 2. The molecule has 1 aliphatic carbocycles. The minimum absolute atomic E-state index is 0.160. The van der Waals surface area contributed by atoms with E-state index in [0.717, 1.165) is 16.8 Å². The van der Waals surface area contributed by atoms with Crippen LogP contribution in [0.25, 0.3) is 6.08 Å². The van der Waals surface area contributed by atoms with Crippen molar-refractivity contribution in [2.24, 2.45) is 0 Å². The first-order chi connectivity index (χ1) is 11.2. The van der Waals surface area contributed by atoms with Gasteiger partial charge in [-0.3, -0.25) is 0 Å². The van der Waals surface area contributed by atoms with E-state index in [4.69, 9.17) is 9.47 Å². The van der Waals surface area contributed by atoms with Gasteiger partial charge >= 0.3 is 0 Å². The predicted molar refractivity (Wildman–Crippen MR) is 92.2 cm³/mol. The van der Waals surface area contributed by atoms with Crippen LogP contribution in [0.5, 0.6) is 11.5 Å². The molecule has 0 radical (unpaired) electrons. The first kappa shape index (κ1) is 15.4. The highest BCUT2D eigenvalue weighted by Gasteiger charge is 2.31. The lowest BCUT2D eigenvalue weighted by atomic mass is 9.89. The van der Waals surface area contributed by atoms with E-state index in [-0.39, 0.29) is 6.04 Å². The van der Waals surface area contributed by atoms with Gasteiger partial charge in [-0.25, -0.2) is 0 Å². The number of aliphatic hydroxyl groups is 1. The second-order valence-electron chi connectivity index (χ2n) is 5.57. The highest BCUT2D eigenvalue weighted by molar-refractivity contribution is 5.67. The van der Waals surface area contributed by atoms with E-state index in [1.807, 2.05) is 55.6 Å². The number of aliphatic hydroxyl groups excluding tert-OH is 1. The van der Waals surface area contributed by atoms with Crippen molar-refractivity contribution >= 4 is 11.8 Å². The first-order valence-corrected chi connectivity index (χ1v) is 7.55. The number of rotatable bonds is 4. The van der Waals surface area contributed by atoms with Crippen molar-refractivity contribution in [3.05, 3.63) is 59.7 Å². The molecule has 1 aliphatic rings. The summed E-state index contributed by atoms with van der Waals surface area (Å²) in [6.45, 7) is 0. The van der Waals surface area contributed by atoms with Crippen LogP contribution in [0.3, 0.4) is 0 Å². The molecule has 0 saturated heterocycles. The molecule has 1 N–H and O–H groups in total. The maximum Gasteiger partial charge on any atom is 0.129 e. The van der Waals surface area contributed by atoms with Gasteiger partial charge in [0.25, 0.3) is 0 Å². The van der Waals surface area contributed by atoms with Crippen molar-refractivity contribution in [2.75, 3.05) is 26.2 Å². The van der Waals surface area contributed by atoms with Gasteiger partial charge in [0.05, 0.1) is 20.3 Å². The molecule has 2 aromatic rings. The summed E-state index contributed by atoms with van der Waals surface area (Å²) < 4.78 is 10.8. The van der Waals surface area contributed by atoms with Gasteiger partial charge < -0.3 is 19.5 Å². The Kier molecular flexibility index (Phi) is 4.26. The van der Waals surface area contributed by atoms with E-state index in [1.165, 1.54) is 0 Å². The zero-order valence-corrected chi connectivity index (χ0v) is 13.6.